The molecule has 0 spiro atoms. The molecule has 2 fully saturated rings. The summed E-state index contributed by atoms with van der Waals surface area (Å²) in [5.41, 5.74) is 0. The van der Waals surface area contributed by atoms with Crippen LogP contribution >= 0.6 is 0 Å². The lowest BCUT2D eigenvalue weighted by Crippen LogP contribution is -2.44. The first kappa shape index (κ1) is 14.6. The number of unbranched alkanes of at least 4 members (excludes halogenated alkanes) is 1. The summed E-state index contributed by atoms with van der Waals surface area (Å²) >= 11 is 0. The first-order valence-corrected chi connectivity index (χ1v) is 7.05. The first-order chi connectivity index (χ1) is 8.97. The molecule has 0 aromatic carbocycles. The Morgan fingerprint density at radius 2 is 2.05 bits per heavy atom. The predicted molar refractivity (Wildman–Crippen MR) is 65.5 cm³/mol. The Morgan fingerprint density at radius 1 is 1.26 bits per heavy atom. The largest absolute Gasteiger partial charge is 0.389 e. The molecule has 1 heterocycles. The van der Waals surface area contributed by atoms with Crippen LogP contribution in [-0.2, 0) is 4.79 Å². The first-order valence-electron chi connectivity index (χ1n) is 7.05. The van der Waals surface area contributed by atoms with Gasteiger partial charge in [-0.1, -0.05) is 6.42 Å². The van der Waals surface area contributed by atoms with E-state index in [-0.39, 0.29) is 18.4 Å². The molecule has 1 aliphatic heterocycles. The fraction of sp³-hybridized carbons (Fsp3) is 0.923. The van der Waals surface area contributed by atoms with Gasteiger partial charge in [-0.25, -0.2) is 0 Å². The van der Waals surface area contributed by atoms with Crippen LogP contribution in [0, 0.1) is 11.8 Å². The maximum absolute atomic E-state index is 12.0. The second-order valence-electron chi connectivity index (χ2n) is 5.60. The van der Waals surface area contributed by atoms with Crippen molar-refractivity contribution in [2.45, 2.75) is 50.7 Å². The third-order valence-corrected chi connectivity index (χ3v) is 4.21. The minimum Gasteiger partial charge on any atom is -0.355 e. The molecular weight excluding hydrogens is 257 g/mol. The van der Waals surface area contributed by atoms with Crippen molar-refractivity contribution in [3.05, 3.63) is 0 Å². The van der Waals surface area contributed by atoms with E-state index in [1.54, 1.807) is 0 Å². The molecule has 1 saturated carbocycles. The van der Waals surface area contributed by atoms with Gasteiger partial charge < -0.3 is 10.6 Å². The number of rotatable bonds is 5. The fourth-order valence-electron chi connectivity index (χ4n) is 3.25. The van der Waals surface area contributed by atoms with Crippen LogP contribution < -0.4 is 10.6 Å². The van der Waals surface area contributed by atoms with Crippen LogP contribution in [0.5, 0.6) is 0 Å². The van der Waals surface area contributed by atoms with Gasteiger partial charge in [-0.2, -0.15) is 13.2 Å². The fourth-order valence-corrected chi connectivity index (χ4v) is 3.25. The molecule has 2 aliphatic rings. The van der Waals surface area contributed by atoms with Crippen LogP contribution in [0.15, 0.2) is 0 Å². The van der Waals surface area contributed by atoms with Gasteiger partial charge in [0, 0.05) is 13.0 Å². The predicted octanol–water partition coefficient (Wildman–Crippen LogP) is 2.22. The number of fused-ring (bicyclic) bond motifs is 1. The van der Waals surface area contributed by atoms with E-state index >= 15 is 0 Å². The Balaban J connectivity index is 1.62. The van der Waals surface area contributed by atoms with Crippen molar-refractivity contribution in [3.8, 4) is 0 Å². The molecule has 3 atom stereocenters. The second kappa shape index (κ2) is 6.11. The van der Waals surface area contributed by atoms with Crippen LogP contribution in [0.1, 0.15) is 38.5 Å². The molecule has 1 saturated heterocycles. The van der Waals surface area contributed by atoms with Crippen LogP contribution in [0.4, 0.5) is 13.2 Å². The molecule has 1 aliphatic carbocycles. The van der Waals surface area contributed by atoms with Crippen molar-refractivity contribution in [2.75, 3.05) is 13.1 Å². The van der Waals surface area contributed by atoms with E-state index in [1.807, 2.05) is 0 Å². The Hall–Kier alpha value is -0.780. The smallest absolute Gasteiger partial charge is 0.355 e. The van der Waals surface area contributed by atoms with E-state index in [9.17, 15) is 18.0 Å². The summed E-state index contributed by atoms with van der Waals surface area (Å²) in [6, 6.07) is -0.130. The number of carbonyl (C=O) groups is 1. The highest BCUT2D eigenvalue weighted by molar-refractivity contribution is 5.82. The van der Waals surface area contributed by atoms with Crippen molar-refractivity contribution < 1.29 is 18.0 Å². The van der Waals surface area contributed by atoms with Gasteiger partial charge in [0.15, 0.2) is 0 Å². The lowest BCUT2D eigenvalue weighted by Gasteiger charge is -2.17. The number of hydrogen-bond acceptors (Lipinski definition) is 2. The van der Waals surface area contributed by atoms with Gasteiger partial charge in [0.05, 0.1) is 6.04 Å². The summed E-state index contributed by atoms with van der Waals surface area (Å²) in [6.07, 6.45) is -0.938. The summed E-state index contributed by atoms with van der Waals surface area (Å²) < 4.78 is 35.8. The van der Waals surface area contributed by atoms with Crippen LogP contribution in [0.2, 0.25) is 0 Å². The van der Waals surface area contributed by atoms with E-state index in [0.29, 0.717) is 24.8 Å². The van der Waals surface area contributed by atoms with E-state index in [1.165, 1.54) is 12.8 Å². The third kappa shape index (κ3) is 4.09. The van der Waals surface area contributed by atoms with Gasteiger partial charge in [-0.3, -0.25) is 4.79 Å². The van der Waals surface area contributed by atoms with Crippen LogP contribution in [0.3, 0.4) is 0 Å². The Morgan fingerprint density at radius 3 is 2.79 bits per heavy atom. The molecule has 3 nitrogen and oxygen atoms in total. The quantitative estimate of drug-likeness (QED) is 0.757. The van der Waals surface area contributed by atoms with E-state index < -0.39 is 12.6 Å². The zero-order valence-corrected chi connectivity index (χ0v) is 10.9. The van der Waals surface area contributed by atoms with E-state index in [0.717, 1.165) is 13.0 Å². The number of hydrogen-bond donors (Lipinski definition) is 2. The standard InChI is InChI=1S/C13H21F3N2O/c14-13(15,16)6-1-2-7-17-12(19)11-10-5-3-4-9(10)8-18-11/h9-11,18H,1-8H2,(H,17,19). The Labute approximate surface area is 111 Å². The summed E-state index contributed by atoms with van der Waals surface area (Å²) in [6.45, 7) is 1.24. The molecule has 2 rings (SSSR count). The van der Waals surface area contributed by atoms with Gasteiger partial charge in [-0.05, 0) is 44.1 Å². The van der Waals surface area contributed by atoms with Crippen molar-refractivity contribution in [2.24, 2.45) is 11.8 Å². The monoisotopic (exact) mass is 278 g/mol. The van der Waals surface area contributed by atoms with Gasteiger partial charge in [0.1, 0.15) is 0 Å². The minimum absolute atomic E-state index is 0.0404. The van der Waals surface area contributed by atoms with Crippen LogP contribution in [-0.4, -0.2) is 31.2 Å². The van der Waals surface area contributed by atoms with Gasteiger partial charge in [0.25, 0.3) is 0 Å². The summed E-state index contributed by atoms with van der Waals surface area (Å²) in [4.78, 5) is 12.0. The molecular formula is C13H21F3N2O. The molecule has 6 heteroatoms. The molecule has 0 aromatic heterocycles. The summed E-state index contributed by atoms with van der Waals surface area (Å²) in [5.74, 6) is 0.998. The zero-order valence-electron chi connectivity index (χ0n) is 10.9. The topological polar surface area (TPSA) is 41.1 Å². The van der Waals surface area contributed by atoms with Crippen LogP contribution in [0.25, 0.3) is 0 Å². The normalized spacial score (nSPS) is 30.4. The summed E-state index contributed by atoms with van der Waals surface area (Å²) in [5, 5.41) is 5.99. The molecule has 2 N–H and O–H groups in total. The van der Waals surface area contributed by atoms with Crippen molar-refractivity contribution >= 4 is 5.91 Å². The van der Waals surface area contributed by atoms with Crippen molar-refractivity contribution in [1.29, 1.82) is 0 Å². The number of carbonyl (C=O) groups excluding carboxylic acids is 1. The lowest BCUT2D eigenvalue weighted by molar-refractivity contribution is -0.135. The molecule has 3 unspecified atom stereocenters. The van der Waals surface area contributed by atoms with E-state index in [4.69, 9.17) is 0 Å². The molecule has 0 bridgehead atoms. The number of amides is 1. The van der Waals surface area contributed by atoms with Gasteiger partial charge in [0.2, 0.25) is 5.91 Å². The third-order valence-electron chi connectivity index (χ3n) is 4.21. The highest BCUT2D eigenvalue weighted by atomic mass is 19.4. The molecule has 1 amide bonds. The second-order valence-corrected chi connectivity index (χ2v) is 5.60. The highest BCUT2D eigenvalue weighted by Gasteiger charge is 2.42. The van der Waals surface area contributed by atoms with Crippen molar-refractivity contribution in [3.63, 3.8) is 0 Å². The minimum atomic E-state index is -4.09. The molecule has 0 aromatic rings. The van der Waals surface area contributed by atoms with E-state index in [2.05, 4.69) is 10.6 Å². The Kier molecular flexibility index (Phi) is 4.71. The number of alkyl halides is 3. The van der Waals surface area contributed by atoms with Gasteiger partial charge >= 0.3 is 6.18 Å². The SMILES string of the molecule is O=C(NCCCCC(F)(F)F)C1NCC2CCCC21. The Bertz CT molecular complexity index is 320. The zero-order chi connectivity index (χ0) is 13.9. The maximum Gasteiger partial charge on any atom is 0.389 e. The number of halogens is 3. The molecule has 110 valence electrons. The molecule has 19 heavy (non-hydrogen) atoms. The lowest BCUT2D eigenvalue weighted by atomic mass is 9.93. The van der Waals surface area contributed by atoms with Gasteiger partial charge in [-0.15, -0.1) is 0 Å². The van der Waals surface area contributed by atoms with Crippen molar-refractivity contribution in [1.82, 2.24) is 10.6 Å². The highest BCUT2D eigenvalue weighted by Crippen LogP contribution is 2.37. The summed E-state index contributed by atoms with van der Waals surface area (Å²) in [7, 11) is 0. The average Bonchev–Trinajstić information content (AvgIpc) is 2.87. The maximum atomic E-state index is 12.0. The molecule has 0 radical (unpaired) electrons. The average molecular weight is 278 g/mol. The number of nitrogens with one attached hydrogen (secondary N) is 2.